The first-order valence-electron chi connectivity index (χ1n) is 6.36. The predicted molar refractivity (Wildman–Crippen MR) is 68.9 cm³/mol. The molecule has 1 aromatic carbocycles. The van der Waals surface area contributed by atoms with Gasteiger partial charge in [-0.2, -0.15) is 13.2 Å². The average Bonchev–Trinajstić information content (AvgIpc) is 3.02. The number of carbonyl (C=O) groups is 1. The van der Waals surface area contributed by atoms with Gasteiger partial charge in [-0.15, -0.1) is 0 Å². The summed E-state index contributed by atoms with van der Waals surface area (Å²) in [6, 6.07) is 3.36. The van der Waals surface area contributed by atoms with Gasteiger partial charge in [0.1, 0.15) is 0 Å². The van der Waals surface area contributed by atoms with Gasteiger partial charge in [0.05, 0.1) is 11.1 Å². The van der Waals surface area contributed by atoms with Gasteiger partial charge in [-0.25, -0.2) is 4.79 Å². The van der Waals surface area contributed by atoms with Crippen LogP contribution in [-0.2, 0) is 6.18 Å². The first-order valence-corrected chi connectivity index (χ1v) is 6.36. The number of hydrogen-bond acceptors (Lipinski definition) is 2. The number of carboxylic acids is 1. The molecule has 1 aliphatic rings. The fraction of sp³-hybridized carbons (Fsp3) is 0.500. The lowest BCUT2D eigenvalue weighted by molar-refractivity contribution is -0.138. The Morgan fingerprint density at radius 2 is 2.05 bits per heavy atom. The molecule has 0 heterocycles. The van der Waals surface area contributed by atoms with Gasteiger partial charge >= 0.3 is 12.1 Å². The summed E-state index contributed by atoms with van der Waals surface area (Å²) in [4.78, 5) is 12.6. The smallest absolute Gasteiger partial charge is 0.417 e. The molecule has 2 unspecified atom stereocenters. The van der Waals surface area contributed by atoms with E-state index in [2.05, 4.69) is 6.92 Å². The molecule has 110 valence electrons. The number of carboxylic acid groups (broad SMARTS) is 1. The fourth-order valence-corrected chi connectivity index (χ4v) is 2.30. The highest BCUT2D eigenvalue weighted by atomic mass is 19.4. The Morgan fingerprint density at radius 1 is 1.45 bits per heavy atom. The van der Waals surface area contributed by atoms with Gasteiger partial charge in [0.2, 0.25) is 0 Å². The molecule has 0 radical (unpaired) electrons. The van der Waals surface area contributed by atoms with E-state index in [0.717, 1.165) is 18.6 Å². The molecule has 0 aromatic heterocycles. The van der Waals surface area contributed by atoms with E-state index in [9.17, 15) is 18.0 Å². The minimum absolute atomic E-state index is 0.390. The van der Waals surface area contributed by atoms with E-state index in [1.165, 1.54) is 6.07 Å². The molecular formula is C14H16F3NO2. The maximum atomic E-state index is 12.9. The summed E-state index contributed by atoms with van der Waals surface area (Å²) < 4.78 is 38.7. The Morgan fingerprint density at radius 3 is 2.50 bits per heavy atom. The van der Waals surface area contributed by atoms with Gasteiger partial charge < -0.3 is 10.0 Å². The van der Waals surface area contributed by atoms with E-state index in [-0.39, 0.29) is 0 Å². The van der Waals surface area contributed by atoms with Gasteiger partial charge in [-0.05, 0) is 36.5 Å². The molecule has 1 fully saturated rings. The van der Waals surface area contributed by atoms with Crippen LogP contribution in [0, 0.1) is 11.8 Å². The molecule has 0 saturated heterocycles. The Kier molecular flexibility index (Phi) is 3.67. The summed E-state index contributed by atoms with van der Waals surface area (Å²) in [6.45, 7) is 2.79. The lowest BCUT2D eigenvalue weighted by Gasteiger charge is -2.21. The lowest BCUT2D eigenvalue weighted by Crippen LogP contribution is -2.22. The summed E-state index contributed by atoms with van der Waals surface area (Å²) >= 11 is 0. The van der Waals surface area contributed by atoms with Crippen molar-refractivity contribution in [3.8, 4) is 0 Å². The van der Waals surface area contributed by atoms with Gasteiger partial charge in [0, 0.05) is 19.3 Å². The van der Waals surface area contributed by atoms with E-state index >= 15 is 0 Å². The zero-order chi connectivity index (χ0) is 15.1. The van der Waals surface area contributed by atoms with Crippen molar-refractivity contribution >= 4 is 11.7 Å². The molecule has 1 N–H and O–H groups in total. The summed E-state index contributed by atoms with van der Waals surface area (Å²) in [5.41, 5.74) is -1.42. The fourth-order valence-electron chi connectivity index (χ4n) is 2.30. The Bertz CT molecular complexity index is 528. The van der Waals surface area contributed by atoms with Crippen LogP contribution >= 0.6 is 0 Å². The summed E-state index contributed by atoms with van der Waals surface area (Å²) in [6.07, 6.45) is -3.58. The van der Waals surface area contributed by atoms with Crippen molar-refractivity contribution in [2.24, 2.45) is 11.8 Å². The molecule has 0 amide bonds. The molecule has 20 heavy (non-hydrogen) atoms. The molecule has 1 aliphatic carbocycles. The quantitative estimate of drug-likeness (QED) is 0.921. The standard InChI is InChI=1S/C14H16F3NO2/c1-8-5-9(8)7-18(2)10-3-4-11(13(19)20)12(6-10)14(15,16)17/h3-4,6,8-9H,5,7H2,1-2H3,(H,19,20). The van der Waals surface area contributed by atoms with E-state index in [1.807, 2.05) is 0 Å². The third-order valence-electron chi connectivity index (χ3n) is 3.76. The molecule has 6 heteroatoms. The highest BCUT2D eigenvalue weighted by molar-refractivity contribution is 5.90. The first kappa shape index (κ1) is 14.7. The highest BCUT2D eigenvalue weighted by Crippen LogP contribution is 2.39. The van der Waals surface area contributed by atoms with Crippen LogP contribution in [0.5, 0.6) is 0 Å². The minimum Gasteiger partial charge on any atom is -0.478 e. The average molecular weight is 287 g/mol. The van der Waals surface area contributed by atoms with E-state index in [0.29, 0.717) is 24.1 Å². The van der Waals surface area contributed by atoms with E-state index in [1.54, 1.807) is 11.9 Å². The molecule has 1 aromatic rings. The monoisotopic (exact) mass is 287 g/mol. The van der Waals surface area contributed by atoms with Gasteiger partial charge in [-0.1, -0.05) is 6.92 Å². The number of rotatable bonds is 4. The Labute approximate surface area is 115 Å². The SMILES string of the molecule is CC1CC1CN(C)c1ccc(C(=O)O)c(C(F)(F)F)c1. The molecule has 0 bridgehead atoms. The minimum atomic E-state index is -4.67. The van der Waals surface area contributed by atoms with Gasteiger partial charge in [-0.3, -0.25) is 0 Å². The molecule has 0 aliphatic heterocycles. The largest absolute Gasteiger partial charge is 0.478 e. The number of halogens is 3. The number of anilines is 1. The number of aromatic carboxylic acids is 1. The van der Waals surface area contributed by atoms with Crippen molar-refractivity contribution in [3.63, 3.8) is 0 Å². The van der Waals surface area contributed by atoms with E-state index < -0.39 is 23.3 Å². The first-order chi connectivity index (χ1) is 9.20. The number of hydrogen-bond donors (Lipinski definition) is 1. The van der Waals surface area contributed by atoms with Gasteiger partial charge in [0.25, 0.3) is 0 Å². The summed E-state index contributed by atoms with van der Waals surface area (Å²) in [5.74, 6) is -0.450. The van der Waals surface area contributed by atoms with Crippen molar-refractivity contribution < 1.29 is 23.1 Å². The third kappa shape index (κ3) is 3.05. The molecular weight excluding hydrogens is 271 g/mol. The van der Waals surface area contributed by atoms with Crippen LogP contribution in [0.25, 0.3) is 0 Å². The van der Waals surface area contributed by atoms with Crippen molar-refractivity contribution in [3.05, 3.63) is 29.3 Å². The van der Waals surface area contributed by atoms with Crippen LogP contribution in [0.1, 0.15) is 29.3 Å². The molecule has 0 spiro atoms. The van der Waals surface area contributed by atoms with Crippen LogP contribution < -0.4 is 4.90 Å². The topological polar surface area (TPSA) is 40.5 Å². The second-order valence-electron chi connectivity index (χ2n) is 5.39. The summed E-state index contributed by atoms with van der Waals surface area (Å²) in [7, 11) is 1.72. The van der Waals surface area contributed by atoms with E-state index in [4.69, 9.17) is 5.11 Å². The van der Waals surface area contributed by atoms with Crippen molar-refractivity contribution in [2.45, 2.75) is 19.5 Å². The Balaban J connectivity index is 2.29. The normalized spacial score (nSPS) is 21.6. The van der Waals surface area contributed by atoms with Crippen molar-refractivity contribution in [1.82, 2.24) is 0 Å². The summed E-state index contributed by atoms with van der Waals surface area (Å²) in [5, 5.41) is 8.84. The van der Waals surface area contributed by atoms with Crippen LogP contribution in [-0.4, -0.2) is 24.7 Å². The molecule has 1 saturated carbocycles. The number of alkyl halides is 3. The van der Waals surface area contributed by atoms with Crippen LogP contribution in [0.2, 0.25) is 0 Å². The maximum absolute atomic E-state index is 12.9. The second-order valence-corrected chi connectivity index (χ2v) is 5.39. The molecule has 3 nitrogen and oxygen atoms in total. The number of benzene rings is 1. The third-order valence-corrected chi connectivity index (χ3v) is 3.76. The Hall–Kier alpha value is -1.72. The van der Waals surface area contributed by atoms with Crippen LogP contribution in [0.15, 0.2) is 18.2 Å². The molecule has 2 atom stereocenters. The molecule has 2 rings (SSSR count). The van der Waals surface area contributed by atoms with Gasteiger partial charge in [0.15, 0.2) is 0 Å². The van der Waals surface area contributed by atoms with Crippen molar-refractivity contribution in [2.75, 3.05) is 18.5 Å². The van der Waals surface area contributed by atoms with Crippen molar-refractivity contribution in [1.29, 1.82) is 0 Å². The highest BCUT2D eigenvalue weighted by Gasteiger charge is 2.37. The van der Waals surface area contributed by atoms with Crippen LogP contribution in [0.3, 0.4) is 0 Å². The zero-order valence-electron chi connectivity index (χ0n) is 11.2. The van der Waals surface area contributed by atoms with Crippen LogP contribution in [0.4, 0.5) is 18.9 Å². The maximum Gasteiger partial charge on any atom is 0.417 e. The lowest BCUT2D eigenvalue weighted by atomic mass is 10.1. The second kappa shape index (κ2) is 5.00. The predicted octanol–water partition coefficient (Wildman–Crippen LogP) is 3.50. The number of nitrogens with zero attached hydrogens (tertiary/aromatic N) is 1. The zero-order valence-corrected chi connectivity index (χ0v) is 11.2.